The second kappa shape index (κ2) is 5.58. The van der Waals surface area contributed by atoms with Gasteiger partial charge in [-0.3, -0.25) is 4.79 Å². The van der Waals surface area contributed by atoms with E-state index in [1.165, 1.54) is 6.07 Å². The average molecular weight is 292 g/mol. The minimum Gasteiger partial charge on any atom is -0.507 e. The molecule has 116 valence electrons. The number of fused-ring (bicyclic) bond motifs is 1. The smallest absolute Gasteiger partial charge is 0.170 e. The van der Waals surface area contributed by atoms with Crippen LogP contribution in [-0.4, -0.2) is 21.6 Å². The molecule has 21 heavy (non-hydrogen) atoms. The maximum Gasteiger partial charge on any atom is 0.170 e. The molecule has 1 aromatic rings. The molecule has 0 bridgehead atoms. The van der Waals surface area contributed by atoms with E-state index in [1.54, 1.807) is 0 Å². The minimum atomic E-state index is -0.324. The average Bonchev–Trinajstić information content (AvgIpc) is 2.34. The maximum atomic E-state index is 12.2. The van der Waals surface area contributed by atoms with Crippen LogP contribution in [0.25, 0.3) is 0 Å². The highest BCUT2D eigenvalue weighted by molar-refractivity contribution is 6.02. The molecule has 2 N–H and O–H groups in total. The Morgan fingerprint density at radius 2 is 2.05 bits per heavy atom. The van der Waals surface area contributed by atoms with Crippen molar-refractivity contribution in [3.05, 3.63) is 17.2 Å². The Labute approximate surface area is 125 Å². The number of aromatic hydroxyl groups is 2. The van der Waals surface area contributed by atoms with Gasteiger partial charge in [-0.2, -0.15) is 0 Å². The summed E-state index contributed by atoms with van der Waals surface area (Å²) in [6.07, 6.45) is 2.46. The summed E-state index contributed by atoms with van der Waals surface area (Å²) in [5, 5.41) is 20.5. The molecule has 1 aliphatic rings. The summed E-state index contributed by atoms with van der Waals surface area (Å²) in [6.45, 7) is 8.00. The highest BCUT2D eigenvalue weighted by atomic mass is 16.5. The molecule has 0 saturated heterocycles. The van der Waals surface area contributed by atoms with E-state index in [0.29, 0.717) is 30.1 Å². The Balaban J connectivity index is 2.35. The van der Waals surface area contributed by atoms with Crippen LogP contribution in [0.1, 0.15) is 62.9 Å². The fraction of sp³-hybridized carbons (Fsp3) is 0.588. The van der Waals surface area contributed by atoms with Gasteiger partial charge in [0.2, 0.25) is 0 Å². The summed E-state index contributed by atoms with van der Waals surface area (Å²) >= 11 is 0. The van der Waals surface area contributed by atoms with Crippen molar-refractivity contribution in [3.63, 3.8) is 0 Å². The number of carbonyl (C=O) groups is 1. The van der Waals surface area contributed by atoms with Gasteiger partial charge >= 0.3 is 0 Å². The molecule has 0 atom stereocenters. The van der Waals surface area contributed by atoms with E-state index >= 15 is 0 Å². The van der Waals surface area contributed by atoms with Crippen molar-refractivity contribution in [2.24, 2.45) is 5.92 Å². The van der Waals surface area contributed by atoms with Crippen LogP contribution in [-0.2, 0) is 6.42 Å². The molecule has 0 radical (unpaired) electrons. The maximum absolute atomic E-state index is 12.2. The lowest BCUT2D eigenvalue weighted by Crippen LogP contribution is -2.32. The van der Waals surface area contributed by atoms with Crippen molar-refractivity contribution in [2.75, 3.05) is 0 Å². The van der Waals surface area contributed by atoms with E-state index in [4.69, 9.17) is 4.74 Å². The van der Waals surface area contributed by atoms with Crippen molar-refractivity contribution in [1.29, 1.82) is 0 Å². The van der Waals surface area contributed by atoms with E-state index in [2.05, 4.69) is 0 Å². The van der Waals surface area contributed by atoms with Gasteiger partial charge in [-0.05, 0) is 39.0 Å². The number of carbonyl (C=O) groups excluding carboxylic acids is 1. The fourth-order valence-electron chi connectivity index (χ4n) is 2.60. The molecule has 4 nitrogen and oxygen atoms in total. The second-order valence-corrected chi connectivity index (χ2v) is 6.81. The second-order valence-electron chi connectivity index (χ2n) is 6.81. The topological polar surface area (TPSA) is 66.8 Å². The third kappa shape index (κ3) is 3.31. The standard InChI is InChI=1S/C17H24O4/c1-10(2)5-6-12(18)15-13(19)9-14-11(16(15)20)7-8-17(3,4)21-14/h9-10,19-20H,5-8H2,1-4H3. The third-order valence-electron chi connectivity index (χ3n) is 3.93. The van der Waals surface area contributed by atoms with E-state index < -0.39 is 0 Å². The molecule has 0 aromatic heterocycles. The van der Waals surface area contributed by atoms with Crippen molar-refractivity contribution >= 4 is 5.78 Å². The number of hydrogen-bond acceptors (Lipinski definition) is 4. The molecule has 1 heterocycles. The first-order valence-corrected chi connectivity index (χ1v) is 7.51. The Bertz CT molecular complexity index is 558. The van der Waals surface area contributed by atoms with Gasteiger partial charge in [0, 0.05) is 18.1 Å². The zero-order valence-corrected chi connectivity index (χ0v) is 13.2. The first kappa shape index (κ1) is 15.7. The number of Topliss-reactive ketones (excluding diaryl/α,β-unsaturated/α-hetero) is 1. The summed E-state index contributed by atoms with van der Waals surface area (Å²) in [5.74, 6) is 0.347. The SMILES string of the molecule is CC(C)CCC(=O)c1c(O)cc2c(c1O)CCC(C)(C)O2. The molecule has 1 aromatic carbocycles. The van der Waals surface area contributed by atoms with Crippen LogP contribution < -0.4 is 4.74 Å². The Hall–Kier alpha value is -1.71. The van der Waals surface area contributed by atoms with Crippen LogP contribution in [0.2, 0.25) is 0 Å². The predicted molar refractivity (Wildman–Crippen MR) is 81.2 cm³/mol. The highest BCUT2D eigenvalue weighted by Crippen LogP contribution is 2.44. The summed E-state index contributed by atoms with van der Waals surface area (Å²) in [5.41, 5.74) is 0.340. The van der Waals surface area contributed by atoms with Crippen molar-refractivity contribution in [2.45, 2.75) is 59.0 Å². The first-order valence-electron chi connectivity index (χ1n) is 7.51. The zero-order valence-electron chi connectivity index (χ0n) is 13.2. The van der Waals surface area contributed by atoms with Crippen LogP contribution in [0.5, 0.6) is 17.2 Å². The number of ketones is 1. The van der Waals surface area contributed by atoms with E-state index in [0.717, 1.165) is 12.8 Å². The van der Waals surface area contributed by atoms with Gasteiger partial charge in [0.15, 0.2) is 5.78 Å². The van der Waals surface area contributed by atoms with Crippen molar-refractivity contribution in [1.82, 2.24) is 0 Å². The lowest BCUT2D eigenvalue weighted by molar-refractivity contribution is 0.0830. The predicted octanol–water partition coefficient (Wildman–Crippen LogP) is 3.82. The van der Waals surface area contributed by atoms with Gasteiger partial charge in [-0.1, -0.05) is 13.8 Å². The summed E-state index contributed by atoms with van der Waals surface area (Å²) in [4.78, 5) is 12.2. The number of phenols is 2. The van der Waals surface area contributed by atoms with Gasteiger partial charge in [-0.25, -0.2) is 0 Å². The molecule has 0 unspecified atom stereocenters. The monoisotopic (exact) mass is 292 g/mol. The van der Waals surface area contributed by atoms with Gasteiger partial charge in [0.1, 0.15) is 28.4 Å². The molecule has 0 fully saturated rings. The van der Waals surface area contributed by atoms with Gasteiger partial charge in [0.05, 0.1) is 0 Å². The number of benzene rings is 1. The molecule has 0 amide bonds. The van der Waals surface area contributed by atoms with E-state index in [9.17, 15) is 15.0 Å². The fourth-order valence-corrected chi connectivity index (χ4v) is 2.60. The molecule has 1 aliphatic heterocycles. The summed E-state index contributed by atoms with van der Waals surface area (Å²) in [7, 11) is 0. The largest absolute Gasteiger partial charge is 0.507 e. The Morgan fingerprint density at radius 1 is 1.38 bits per heavy atom. The Kier molecular flexibility index (Phi) is 4.17. The van der Waals surface area contributed by atoms with Crippen LogP contribution in [0.15, 0.2) is 6.07 Å². The van der Waals surface area contributed by atoms with Gasteiger partial charge in [-0.15, -0.1) is 0 Å². The lowest BCUT2D eigenvalue weighted by Gasteiger charge is -2.33. The summed E-state index contributed by atoms with van der Waals surface area (Å²) in [6, 6.07) is 1.46. The molecule has 4 heteroatoms. The minimum absolute atomic E-state index is 0.0395. The lowest BCUT2D eigenvalue weighted by atomic mass is 9.90. The Morgan fingerprint density at radius 3 is 2.67 bits per heavy atom. The number of hydrogen-bond donors (Lipinski definition) is 2. The number of phenolic OH excluding ortho intramolecular Hbond substituents is 2. The van der Waals surface area contributed by atoms with Gasteiger partial charge < -0.3 is 14.9 Å². The van der Waals surface area contributed by atoms with Gasteiger partial charge in [0.25, 0.3) is 0 Å². The normalized spacial score (nSPS) is 16.4. The van der Waals surface area contributed by atoms with Crippen LogP contribution in [0.4, 0.5) is 0 Å². The molecular formula is C17H24O4. The molecule has 0 aliphatic carbocycles. The van der Waals surface area contributed by atoms with E-state index in [1.807, 2.05) is 27.7 Å². The molecular weight excluding hydrogens is 268 g/mol. The first-order chi connectivity index (χ1) is 9.71. The zero-order chi connectivity index (χ0) is 15.8. The van der Waals surface area contributed by atoms with Crippen LogP contribution in [0.3, 0.4) is 0 Å². The third-order valence-corrected chi connectivity index (χ3v) is 3.93. The van der Waals surface area contributed by atoms with Crippen LogP contribution in [0, 0.1) is 5.92 Å². The molecule has 0 saturated carbocycles. The molecule has 0 spiro atoms. The van der Waals surface area contributed by atoms with E-state index in [-0.39, 0.29) is 28.4 Å². The van der Waals surface area contributed by atoms with Crippen molar-refractivity contribution < 1.29 is 19.7 Å². The number of rotatable bonds is 4. The quantitative estimate of drug-likeness (QED) is 0.828. The van der Waals surface area contributed by atoms with Crippen molar-refractivity contribution in [3.8, 4) is 17.2 Å². The molecule has 2 rings (SSSR count). The van der Waals surface area contributed by atoms with Crippen LogP contribution >= 0.6 is 0 Å². The number of ether oxygens (including phenoxy) is 1. The summed E-state index contributed by atoms with van der Waals surface area (Å²) < 4.78 is 5.78. The highest BCUT2D eigenvalue weighted by Gasteiger charge is 2.31.